The summed E-state index contributed by atoms with van der Waals surface area (Å²) in [6.45, 7) is 12.5. The predicted molar refractivity (Wildman–Crippen MR) is 159 cm³/mol. The van der Waals surface area contributed by atoms with Crippen LogP contribution in [0.3, 0.4) is 0 Å². The van der Waals surface area contributed by atoms with Gasteiger partial charge in [0.15, 0.2) is 5.13 Å². The summed E-state index contributed by atoms with van der Waals surface area (Å²) in [5, 5.41) is 12.0. The Morgan fingerprint density at radius 3 is 2.38 bits per heavy atom. The number of aliphatic hydroxyl groups is 1. The number of benzene rings is 2. The van der Waals surface area contributed by atoms with Gasteiger partial charge >= 0.3 is 5.91 Å². The number of rotatable bonds is 4. The average Bonchev–Trinajstić information content (AvgIpc) is 3.45. The molecular weight excluding hydrogens is 522 g/mol. The summed E-state index contributed by atoms with van der Waals surface area (Å²) < 4.78 is 6.47. The molecule has 1 atom stereocenters. The number of Topliss-reactive ketones (excluding diaryl/α,β-unsaturated/α-hetero) is 1. The minimum atomic E-state index is -0.892. The molecule has 0 spiro atoms. The second-order valence-corrected chi connectivity index (χ2v) is 13.1. The number of hydrogen-bond acceptors (Lipinski definition) is 7. The zero-order valence-corrected chi connectivity index (χ0v) is 24.6. The van der Waals surface area contributed by atoms with E-state index in [-0.39, 0.29) is 22.2 Å². The zero-order chi connectivity index (χ0) is 29.0. The van der Waals surface area contributed by atoms with E-state index in [0.29, 0.717) is 22.0 Å². The summed E-state index contributed by atoms with van der Waals surface area (Å²) in [5.74, 6) is -1.08. The molecule has 1 amide bonds. The van der Waals surface area contributed by atoms with E-state index in [2.05, 4.69) is 31.8 Å². The van der Waals surface area contributed by atoms with Gasteiger partial charge in [-0.25, -0.2) is 4.98 Å². The average molecular weight is 556 g/mol. The van der Waals surface area contributed by atoms with Gasteiger partial charge in [0.25, 0.3) is 5.78 Å². The van der Waals surface area contributed by atoms with E-state index in [9.17, 15) is 14.7 Å². The monoisotopic (exact) mass is 555 g/mol. The van der Waals surface area contributed by atoms with Crippen molar-refractivity contribution in [2.45, 2.75) is 58.4 Å². The smallest absolute Gasteiger partial charge is 0.301 e. The van der Waals surface area contributed by atoms with Crippen LogP contribution in [0.1, 0.15) is 69.8 Å². The number of thiazole rings is 1. The van der Waals surface area contributed by atoms with Crippen molar-refractivity contribution in [2.75, 3.05) is 12.0 Å². The number of nitrogens with zero attached hydrogens (tertiary/aromatic N) is 3. The first-order valence-corrected chi connectivity index (χ1v) is 13.9. The fourth-order valence-electron chi connectivity index (χ4n) is 4.96. The molecule has 40 heavy (non-hydrogen) atoms. The number of fused-ring (bicyclic) bond motifs is 1. The molecule has 7 nitrogen and oxygen atoms in total. The van der Waals surface area contributed by atoms with Crippen molar-refractivity contribution in [3.05, 3.63) is 88.8 Å². The maximum absolute atomic E-state index is 13.6. The van der Waals surface area contributed by atoms with Crippen LogP contribution in [0.2, 0.25) is 0 Å². The molecule has 2 aromatic heterocycles. The van der Waals surface area contributed by atoms with Crippen molar-refractivity contribution in [2.24, 2.45) is 0 Å². The molecule has 1 aliphatic rings. The number of carbonyl (C=O) groups is 2. The van der Waals surface area contributed by atoms with Gasteiger partial charge in [0.05, 0.1) is 28.9 Å². The van der Waals surface area contributed by atoms with Crippen LogP contribution in [0.5, 0.6) is 5.75 Å². The molecule has 1 fully saturated rings. The quantitative estimate of drug-likeness (QED) is 0.167. The summed E-state index contributed by atoms with van der Waals surface area (Å²) in [6, 6.07) is 14.0. The third-order valence-electron chi connectivity index (χ3n) is 7.17. The fourth-order valence-corrected chi connectivity index (χ4v) is 5.99. The lowest BCUT2D eigenvalue weighted by molar-refractivity contribution is -0.132. The maximum atomic E-state index is 13.6. The molecule has 0 aliphatic carbocycles. The topological polar surface area (TPSA) is 92.6 Å². The molecule has 0 bridgehead atoms. The number of amides is 1. The Morgan fingerprint density at radius 2 is 1.75 bits per heavy atom. The molecule has 8 heteroatoms. The number of ether oxygens (including phenoxy) is 1. The van der Waals surface area contributed by atoms with Crippen LogP contribution in [0.15, 0.2) is 66.5 Å². The second kappa shape index (κ2) is 9.86. The summed E-state index contributed by atoms with van der Waals surface area (Å²) in [4.78, 5) is 37.6. The zero-order valence-electron chi connectivity index (χ0n) is 23.8. The first-order chi connectivity index (χ1) is 18.8. The van der Waals surface area contributed by atoms with Gasteiger partial charge in [-0.2, -0.15) is 0 Å². The van der Waals surface area contributed by atoms with Gasteiger partial charge in [0.2, 0.25) is 0 Å². The molecule has 1 saturated heterocycles. The number of hydrogen-bond donors (Lipinski definition) is 1. The second-order valence-electron chi connectivity index (χ2n) is 12.0. The molecule has 0 radical (unpaired) electrons. The standard InChI is InChI=1S/C32H33N3O4S/c1-31(2,3)20-11-12-22-24(16-20)40-30(34-22)35-26(19-9-8-14-33-17-19)25(28(37)29(35)38)27(36)18-10-13-23(39-7)21(15-18)32(4,5)6/h8-17,26,36H,1-7H3/b27-25+. The van der Waals surface area contributed by atoms with Crippen LogP contribution in [0.25, 0.3) is 16.0 Å². The largest absolute Gasteiger partial charge is 0.507 e. The summed E-state index contributed by atoms with van der Waals surface area (Å²) in [7, 11) is 1.60. The van der Waals surface area contributed by atoms with Gasteiger partial charge in [-0.1, -0.05) is 65.0 Å². The van der Waals surface area contributed by atoms with Crippen molar-refractivity contribution < 1.29 is 19.4 Å². The Kier molecular flexibility index (Phi) is 6.78. The van der Waals surface area contributed by atoms with E-state index in [1.54, 1.807) is 43.8 Å². The Bertz CT molecular complexity index is 1660. The van der Waals surface area contributed by atoms with E-state index >= 15 is 0 Å². The van der Waals surface area contributed by atoms with E-state index in [1.165, 1.54) is 16.2 Å². The van der Waals surface area contributed by atoms with Crippen molar-refractivity contribution in [3.8, 4) is 5.75 Å². The third kappa shape index (κ3) is 4.77. The highest BCUT2D eigenvalue weighted by atomic mass is 32.1. The van der Waals surface area contributed by atoms with E-state index in [0.717, 1.165) is 21.3 Å². The van der Waals surface area contributed by atoms with Crippen LogP contribution in [-0.4, -0.2) is 33.9 Å². The minimum absolute atomic E-state index is 0.00216. The van der Waals surface area contributed by atoms with Crippen molar-refractivity contribution in [1.82, 2.24) is 9.97 Å². The number of aliphatic hydroxyl groups excluding tert-OH is 1. The molecule has 0 saturated carbocycles. The van der Waals surface area contributed by atoms with Gasteiger partial charge in [-0.05, 0) is 58.4 Å². The Balaban J connectivity index is 1.70. The van der Waals surface area contributed by atoms with Gasteiger partial charge < -0.3 is 9.84 Å². The van der Waals surface area contributed by atoms with Crippen LogP contribution in [0.4, 0.5) is 5.13 Å². The minimum Gasteiger partial charge on any atom is -0.507 e. The first kappa shape index (κ1) is 27.5. The fraction of sp³-hybridized carbons (Fsp3) is 0.312. The van der Waals surface area contributed by atoms with E-state index in [4.69, 9.17) is 9.72 Å². The number of ketones is 1. The van der Waals surface area contributed by atoms with Gasteiger partial charge in [0, 0.05) is 23.5 Å². The highest BCUT2D eigenvalue weighted by molar-refractivity contribution is 7.22. The Morgan fingerprint density at radius 1 is 1.00 bits per heavy atom. The number of pyridine rings is 1. The maximum Gasteiger partial charge on any atom is 0.301 e. The molecule has 3 heterocycles. The summed E-state index contributed by atoms with van der Waals surface area (Å²) in [5.41, 5.74) is 3.44. The van der Waals surface area contributed by atoms with Crippen LogP contribution in [-0.2, 0) is 20.4 Å². The molecule has 5 rings (SSSR count). The summed E-state index contributed by atoms with van der Waals surface area (Å²) >= 11 is 1.35. The Labute approximate surface area is 238 Å². The highest BCUT2D eigenvalue weighted by Gasteiger charge is 2.48. The lowest BCUT2D eigenvalue weighted by atomic mass is 9.84. The molecular formula is C32H33N3O4S. The van der Waals surface area contributed by atoms with Gasteiger partial charge in [-0.3, -0.25) is 19.5 Å². The van der Waals surface area contributed by atoms with Crippen molar-refractivity contribution in [3.63, 3.8) is 0 Å². The van der Waals surface area contributed by atoms with Crippen LogP contribution < -0.4 is 9.64 Å². The molecule has 1 unspecified atom stereocenters. The predicted octanol–water partition coefficient (Wildman–Crippen LogP) is 6.92. The number of anilines is 1. The molecule has 1 N–H and O–H groups in total. The normalized spacial score (nSPS) is 17.6. The van der Waals surface area contributed by atoms with Crippen LogP contribution in [0, 0.1) is 0 Å². The number of carbonyl (C=O) groups excluding carboxylic acids is 2. The van der Waals surface area contributed by atoms with Crippen LogP contribution >= 0.6 is 11.3 Å². The lowest BCUT2D eigenvalue weighted by Crippen LogP contribution is -2.29. The lowest BCUT2D eigenvalue weighted by Gasteiger charge is -2.24. The molecule has 2 aromatic carbocycles. The highest BCUT2D eigenvalue weighted by Crippen LogP contribution is 2.45. The SMILES string of the molecule is COc1ccc(/C(O)=C2\C(=O)C(=O)N(c3nc4ccc(C(C)(C)C)cc4s3)C2c2cccnc2)cc1C(C)(C)C. The molecule has 4 aromatic rings. The van der Waals surface area contributed by atoms with E-state index in [1.807, 2.05) is 39.0 Å². The third-order valence-corrected chi connectivity index (χ3v) is 8.19. The van der Waals surface area contributed by atoms with Crippen molar-refractivity contribution >= 4 is 44.1 Å². The van der Waals surface area contributed by atoms with E-state index < -0.39 is 17.7 Å². The van der Waals surface area contributed by atoms with Crippen molar-refractivity contribution in [1.29, 1.82) is 0 Å². The van der Waals surface area contributed by atoms with Gasteiger partial charge in [-0.15, -0.1) is 0 Å². The number of methoxy groups -OCH3 is 1. The molecule has 1 aliphatic heterocycles. The van der Waals surface area contributed by atoms with Gasteiger partial charge in [0.1, 0.15) is 11.5 Å². The number of aromatic nitrogens is 2. The Hall–Kier alpha value is -4.04. The first-order valence-electron chi connectivity index (χ1n) is 13.1. The summed E-state index contributed by atoms with van der Waals surface area (Å²) in [6.07, 6.45) is 3.23. The molecule has 206 valence electrons.